The Balaban J connectivity index is 0.000000286. The van der Waals surface area contributed by atoms with Crippen molar-refractivity contribution in [1.82, 2.24) is 0 Å². The van der Waals surface area contributed by atoms with E-state index in [4.69, 9.17) is 14.2 Å². The average molecular weight is 539 g/mol. The molecule has 3 fully saturated rings. The highest BCUT2D eigenvalue weighted by molar-refractivity contribution is 5.84. The maximum atomic E-state index is 12.1. The van der Waals surface area contributed by atoms with Gasteiger partial charge in [-0.3, -0.25) is 14.4 Å². The van der Waals surface area contributed by atoms with Crippen LogP contribution in [0.3, 0.4) is 0 Å². The van der Waals surface area contributed by atoms with Crippen LogP contribution in [0.25, 0.3) is 0 Å². The van der Waals surface area contributed by atoms with Crippen molar-refractivity contribution in [3.63, 3.8) is 0 Å². The summed E-state index contributed by atoms with van der Waals surface area (Å²) in [5.41, 5.74) is 0.159. The minimum atomic E-state index is 0.0570. The van der Waals surface area contributed by atoms with Gasteiger partial charge in [-0.2, -0.15) is 0 Å². The highest BCUT2D eigenvalue weighted by Crippen LogP contribution is 2.32. The molecule has 0 saturated carbocycles. The Kier molecular flexibility index (Phi) is 14.9. The molecule has 222 valence electrons. The molecule has 0 amide bonds. The van der Waals surface area contributed by atoms with Gasteiger partial charge in [0.2, 0.25) is 0 Å². The third kappa shape index (κ3) is 12.0. The summed E-state index contributed by atoms with van der Waals surface area (Å²) in [5.74, 6) is 2.65. The lowest BCUT2D eigenvalue weighted by molar-refractivity contribution is -0.129. The number of hydrogen-bond acceptors (Lipinski definition) is 6. The van der Waals surface area contributed by atoms with E-state index in [-0.39, 0.29) is 34.5 Å². The van der Waals surface area contributed by atoms with E-state index in [9.17, 15) is 14.4 Å². The molecule has 3 heterocycles. The summed E-state index contributed by atoms with van der Waals surface area (Å²) in [7, 11) is 0. The van der Waals surface area contributed by atoms with Crippen molar-refractivity contribution in [2.45, 2.75) is 101 Å². The number of ether oxygens (including phenoxy) is 3. The molecule has 3 aliphatic heterocycles. The minimum Gasteiger partial charge on any atom is -0.381 e. The first-order chi connectivity index (χ1) is 17.6. The summed E-state index contributed by atoms with van der Waals surface area (Å²) in [5, 5.41) is 0. The Hall–Kier alpha value is -1.11. The normalized spacial score (nSPS) is 27.9. The molecule has 0 aromatic heterocycles. The van der Waals surface area contributed by atoms with Crippen LogP contribution < -0.4 is 0 Å². The molecule has 38 heavy (non-hydrogen) atoms. The number of carbonyl (C=O) groups is 3. The number of rotatable bonds is 2. The Labute approximate surface area is 233 Å². The molecule has 0 radical (unpaired) electrons. The predicted octanol–water partition coefficient (Wildman–Crippen LogP) is 6.58. The smallest absolute Gasteiger partial charge is 0.141 e. The van der Waals surface area contributed by atoms with Crippen molar-refractivity contribution in [3.05, 3.63) is 0 Å². The Morgan fingerprint density at radius 2 is 1.13 bits per heavy atom. The van der Waals surface area contributed by atoms with Gasteiger partial charge in [0.15, 0.2) is 0 Å². The number of Topliss-reactive ketones (excluding diaryl/α,β-unsaturated/α-hetero) is 3. The summed E-state index contributed by atoms with van der Waals surface area (Å²) < 4.78 is 16.2. The van der Waals surface area contributed by atoms with Gasteiger partial charge in [0.05, 0.1) is 19.8 Å². The maximum Gasteiger partial charge on any atom is 0.141 e. The number of hydrogen-bond donors (Lipinski definition) is 0. The van der Waals surface area contributed by atoms with Crippen molar-refractivity contribution < 1.29 is 28.6 Å². The van der Waals surface area contributed by atoms with Crippen molar-refractivity contribution in [2.24, 2.45) is 46.3 Å². The number of carbonyl (C=O) groups excluding carboxylic acids is 3. The molecule has 0 aromatic carbocycles. The van der Waals surface area contributed by atoms with E-state index in [1.807, 2.05) is 0 Å². The average Bonchev–Trinajstić information content (AvgIpc) is 3.23. The molecule has 0 N–H and O–H groups in total. The Bertz CT molecular complexity index is 667. The van der Waals surface area contributed by atoms with Crippen LogP contribution >= 0.6 is 0 Å². The monoisotopic (exact) mass is 538 g/mol. The van der Waals surface area contributed by atoms with Crippen molar-refractivity contribution in [1.29, 1.82) is 0 Å². The van der Waals surface area contributed by atoms with Gasteiger partial charge in [-0.25, -0.2) is 0 Å². The molecular formula is C32H58O6. The summed E-state index contributed by atoms with van der Waals surface area (Å²) in [6, 6.07) is 0. The minimum absolute atomic E-state index is 0.0570. The van der Waals surface area contributed by atoms with Crippen LogP contribution in [-0.2, 0) is 28.6 Å². The molecule has 0 aromatic rings. The van der Waals surface area contributed by atoms with Crippen molar-refractivity contribution in [3.8, 4) is 0 Å². The molecule has 3 saturated heterocycles. The van der Waals surface area contributed by atoms with Gasteiger partial charge >= 0.3 is 0 Å². The summed E-state index contributed by atoms with van der Waals surface area (Å²) in [6.07, 6.45) is 3.98. The van der Waals surface area contributed by atoms with E-state index in [0.717, 1.165) is 39.1 Å². The van der Waals surface area contributed by atoms with Gasteiger partial charge in [-0.1, -0.05) is 69.2 Å². The SMILES string of the molecule is CC(C)(C)C1CCOCCC1=O.CC(C)(C)C1COCCCC1=O.CC(C)C1CCOCC(C(C)C)C1=O. The third-order valence-corrected chi connectivity index (χ3v) is 8.12. The lowest BCUT2D eigenvalue weighted by Gasteiger charge is -2.27. The van der Waals surface area contributed by atoms with Gasteiger partial charge in [-0.05, 0) is 41.9 Å². The van der Waals surface area contributed by atoms with Crippen LogP contribution in [0.1, 0.15) is 101 Å². The Morgan fingerprint density at radius 1 is 0.605 bits per heavy atom. The second kappa shape index (κ2) is 16.2. The molecule has 6 heteroatoms. The van der Waals surface area contributed by atoms with Gasteiger partial charge in [-0.15, -0.1) is 0 Å². The van der Waals surface area contributed by atoms with Gasteiger partial charge in [0.1, 0.15) is 17.3 Å². The first-order valence-corrected chi connectivity index (χ1v) is 14.9. The predicted molar refractivity (Wildman–Crippen MR) is 153 cm³/mol. The molecule has 0 aliphatic carbocycles. The quantitative estimate of drug-likeness (QED) is 0.395. The molecule has 4 atom stereocenters. The van der Waals surface area contributed by atoms with Gasteiger partial charge < -0.3 is 14.2 Å². The van der Waals surface area contributed by atoms with Crippen LogP contribution in [-0.4, -0.2) is 57.0 Å². The molecular weight excluding hydrogens is 480 g/mol. The van der Waals surface area contributed by atoms with E-state index in [2.05, 4.69) is 69.2 Å². The fourth-order valence-corrected chi connectivity index (χ4v) is 5.38. The zero-order valence-electron chi connectivity index (χ0n) is 26.2. The summed E-state index contributed by atoms with van der Waals surface area (Å²) in [4.78, 5) is 35.3. The molecule has 3 rings (SSSR count). The fourth-order valence-electron chi connectivity index (χ4n) is 5.38. The van der Waals surface area contributed by atoms with Crippen molar-refractivity contribution >= 4 is 17.3 Å². The zero-order valence-corrected chi connectivity index (χ0v) is 26.2. The lowest BCUT2D eigenvalue weighted by atomic mass is 9.76. The maximum absolute atomic E-state index is 12.1. The largest absolute Gasteiger partial charge is 0.381 e. The van der Waals surface area contributed by atoms with Crippen LogP contribution in [0.15, 0.2) is 0 Å². The summed E-state index contributed by atoms with van der Waals surface area (Å²) in [6.45, 7) is 25.2. The standard InChI is InChI=1S/C12H22O2.2C10H18O2/c1-8(2)10-5-6-14-7-11(9(3)4)12(10)13;1-10(2,3)8-4-6-12-7-5-9(8)11;1-10(2,3)8-7-12-6-4-5-9(8)11/h8-11H,5-7H2,1-4H3;2*8H,4-7H2,1-3H3. The lowest BCUT2D eigenvalue weighted by Crippen LogP contribution is -2.31. The van der Waals surface area contributed by atoms with Crippen LogP contribution in [0.4, 0.5) is 0 Å². The van der Waals surface area contributed by atoms with Gasteiger partial charge in [0.25, 0.3) is 0 Å². The molecule has 0 bridgehead atoms. The van der Waals surface area contributed by atoms with E-state index >= 15 is 0 Å². The van der Waals surface area contributed by atoms with Crippen molar-refractivity contribution in [2.75, 3.05) is 39.6 Å². The summed E-state index contributed by atoms with van der Waals surface area (Å²) >= 11 is 0. The first kappa shape index (κ1) is 34.9. The van der Waals surface area contributed by atoms with Crippen LogP contribution in [0.2, 0.25) is 0 Å². The molecule has 3 aliphatic rings. The highest BCUT2D eigenvalue weighted by atomic mass is 16.5. The highest BCUT2D eigenvalue weighted by Gasteiger charge is 2.34. The molecule has 6 nitrogen and oxygen atoms in total. The van der Waals surface area contributed by atoms with E-state index in [1.165, 1.54) is 0 Å². The molecule has 4 unspecified atom stereocenters. The molecule has 0 spiro atoms. The van der Waals surface area contributed by atoms with Crippen LogP contribution in [0, 0.1) is 46.3 Å². The Morgan fingerprint density at radius 3 is 1.68 bits per heavy atom. The van der Waals surface area contributed by atoms with E-state index < -0.39 is 0 Å². The fraction of sp³-hybridized carbons (Fsp3) is 0.906. The van der Waals surface area contributed by atoms with E-state index in [0.29, 0.717) is 61.8 Å². The third-order valence-electron chi connectivity index (χ3n) is 8.12. The van der Waals surface area contributed by atoms with E-state index in [1.54, 1.807) is 0 Å². The second-order valence-electron chi connectivity index (χ2n) is 14.1. The second-order valence-corrected chi connectivity index (χ2v) is 14.1. The number of ketones is 3. The topological polar surface area (TPSA) is 78.9 Å². The van der Waals surface area contributed by atoms with Crippen LogP contribution in [0.5, 0.6) is 0 Å². The van der Waals surface area contributed by atoms with Gasteiger partial charge in [0, 0.05) is 56.3 Å². The first-order valence-electron chi connectivity index (χ1n) is 14.9. The zero-order chi connectivity index (χ0) is 29.1.